The summed E-state index contributed by atoms with van der Waals surface area (Å²) < 4.78 is 5.85. The van der Waals surface area contributed by atoms with Gasteiger partial charge in [-0.25, -0.2) is 4.79 Å². The smallest absolute Gasteiger partial charge is 0.358 e. The highest BCUT2D eigenvalue weighted by Gasteiger charge is 2.58. The molecule has 7 atom stereocenters. The minimum absolute atomic E-state index is 0.0986. The number of imide groups is 1. The van der Waals surface area contributed by atoms with Crippen LogP contribution in [-0.4, -0.2) is 35.6 Å². The van der Waals surface area contributed by atoms with E-state index in [1.165, 1.54) is 37.7 Å². The van der Waals surface area contributed by atoms with Crippen molar-refractivity contribution in [3.8, 4) is 0 Å². The fraction of sp³-hybridized carbons (Fsp3) is 0.808. The lowest BCUT2D eigenvalue weighted by atomic mass is 9.47. The maximum Gasteiger partial charge on any atom is 0.358 e. The van der Waals surface area contributed by atoms with Gasteiger partial charge in [-0.3, -0.25) is 9.59 Å². The topological polar surface area (TPSA) is 72.9 Å². The number of rotatable bonds is 4. The van der Waals surface area contributed by atoms with Crippen molar-refractivity contribution in [1.82, 2.24) is 5.06 Å². The van der Waals surface area contributed by atoms with E-state index in [9.17, 15) is 14.4 Å². The summed E-state index contributed by atoms with van der Waals surface area (Å²) in [5.74, 6) is 1.74. The zero-order valence-electron chi connectivity index (χ0n) is 19.7. The molecular weight excluding hydrogens is 406 g/mol. The average Bonchev–Trinajstić information content (AvgIpc) is 3.25. The highest BCUT2D eigenvalue weighted by molar-refractivity contribution is 6.01. The van der Waals surface area contributed by atoms with Crippen LogP contribution in [0, 0.1) is 34.5 Å². The molecule has 0 aromatic heterocycles. The van der Waals surface area contributed by atoms with Crippen LogP contribution in [0.1, 0.15) is 85.0 Å². The fourth-order valence-corrected chi connectivity index (χ4v) is 8.05. The van der Waals surface area contributed by atoms with Crippen LogP contribution >= 0.6 is 0 Å². The van der Waals surface area contributed by atoms with Gasteiger partial charge in [0.15, 0.2) is 0 Å². The van der Waals surface area contributed by atoms with Crippen LogP contribution in [0.2, 0.25) is 0 Å². The third-order valence-corrected chi connectivity index (χ3v) is 10.2. The summed E-state index contributed by atoms with van der Waals surface area (Å²) >= 11 is 0. The van der Waals surface area contributed by atoms with Gasteiger partial charge in [0.25, 0.3) is 11.8 Å². The Bertz CT molecular complexity index is 835. The van der Waals surface area contributed by atoms with Crippen molar-refractivity contribution >= 4 is 17.8 Å². The van der Waals surface area contributed by atoms with Gasteiger partial charge in [0.05, 0.1) is 6.10 Å². The van der Waals surface area contributed by atoms with Crippen LogP contribution in [0.3, 0.4) is 0 Å². The van der Waals surface area contributed by atoms with Crippen LogP contribution < -0.4 is 0 Å². The highest BCUT2D eigenvalue weighted by atomic mass is 16.7. The fourth-order valence-electron chi connectivity index (χ4n) is 8.05. The quantitative estimate of drug-likeness (QED) is 0.470. The molecule has 0 radical (unpaired) electrons. The summed E-state index contributed by atoms with van der Waals surface area (Å²) in [6.45, 7) is 7.27. The molecule has 3 saturated carbocycles. The Hall–Kier alpha value is -1.69. The van der Waals surface area contributed by atoms with Gasteiger partial charge in [-0.2, -0.15) is 0 Å². The van der Waals surface area contributed by atoms with Gasteiger partial charge >= 0.3 is 5.97 Å². The van der Waals surface area contributed by atoms with Crippen molar-refractivity contribution in [2.24, 2.45) is 34.5 Å². The molecule has 32 heavy (non-hydrogen) atoms. The Morgan fingerprint density at radius 3 is 2.50 bits per heavy atom. The number of hydrogen-bond donors (Lipinski definition) is 0. The lowest BCUT2D eigenvalue weighted by molar-refractivity contribution is -0.201. The van der Waals surface area contributed by atoms with Gasteiger partial charge in [0.2, 0.25) is 0 Å². The van der Waals surface area contributed by atoms with E-state index in [2.05, 4.69) is 26.8 Å². The van der Waals surface area contributed by atoms with Crippen LogP contribution in [0.4, 0.5) is 0 Å². The minimum atomic E-state index is -0.689. The lowest BCUT2D eigenvalue weighted by Crippen LogP contribution is -2.50. The molecule has 6 heteroatoms. The second-order valence-corrected chi connectivity index (χ2v) is 11.5. The highest BCUT2D eigenvalue weighted by Crippen LogP contribution is 2.66. The molecule has 6 nitrogen and oxygen atoms in total. The molecule has 0 N–H and O–H groups in total. The Kier molecular flexibility index (Phi) is 5.51. The lowest BCUT2D eigenvalue weighted by Gasteiger charge is -2.58. The van der Waals surface area contributed by atoms with E-state index in [0.717, 1.165) is 42.9 Å². The van der Waals surface area contributed by atoms with Crippen molar-refractivity contribution < 1.29 is 24.0 Å². The number of amides is 2. The van der Waals surface area contributed by atoms with Crippen molar-refractivity contribution in [2.45, 2.75) is 91.1 Å². The van der Waals surface area contributed by atoms with E-state index in [1.807, 2.05) is 0 Å². The zero-order chi connectivity index (χ0) is 22.7. The second-order valence-electron chi connectivity index (χ2n) is 11.5. The molecule has 0 bridgehead atoms. The molecule has 0 aromatic rings. The van der Waals surface area contributed by atoms with E-state index in [1.54, 1.807) is 0 Å². The molecule has 4 fully saturated rings. The molecule has 0 aromatic carbocycles. The van der Waals surface area contributed by atoms with E-state index in [0.29, 0.717) is 10.5 Å². The summed E-state index contributed by atoms with van der Waals surface area (Å²) in [6.07, 6.45) is 12.3. The minimum Gasteiger partial charge on any atom is -0.362 e. The molecule has 4 aliphatic carbocycles. The molecule has 2 amide bonds. The summed E-state index contributed by atoms with van der Waals surface area (Å²) in [5.41, 5.74) is 2.31. The van der Waals surface area contributed by atoms with Gasteiger partial charge in [0, 0.05) is 12.8 Å². The van der Waals surface area contributed by atoms with Crippen molar-refractivity contribution in [1.29, 1.82) is 0 Å². The second kappa shape index (κ2) is 7.96. The third-order valence-electron chi connectivity index (χ3n) is 10.2. The molecule has 1 heterocycles. The maximum atomic E-state index is 12.1. The normalized spacial score (nSPS) is 43.4. The van der Waals surface area contributed by atoms with Crippen molar-refractivity contribution in [2.75, 3.05) is 6.61 Å². The largest absolute Gasteiger partial charge is 0.362 e. The predicted molar refractivity (Wildman–Crippen MR) is 118 cm³/mol. The summed E-state index contributed by atoms with van der Waals surface area (Å²) in [7, 11) is 0. The summed E-state index contributed by atoms with van der Waals surface area (Å²) in [6, 6.07) is 0. The number of carbonyl (C=O) groups is 3. The summed E-state index contributed by atoms with van der Waals surface area (Å²) in [4.78, 5) is 40.3. The van der Waals surface area contributed by atoms with E-state index in [-0.39, 0.29) is 31.0 Å². The molecule has 6 unspecified atom stereocenters. The van der Waals surface area contributed by atoms with Crippen LogP contribution in [0.15, 0.2) is 11.6 Å². The molecular formula is C26H37NO5. The first kappa shape index (κ1) is 22.1. The van der Waals surface area contributed by atoms with Gasteiger partial charge in [-0.1, -0.05) is 32.4 Å². The van der Waals surface area contributed by atoms with Gasteiger partial charge in [0.1, 0.15) is 6.61 Å². The molecule has 5 rings (SSSR count). The Morgan fingerprint density at radius 1 is 1.00 bits per heavy atom. The molecule has 0 spiro atoms. The molecule has 176 valence electrons. The van der Waals surface area contributed by atoms with E-state index >= 15 is 0 Å². The summed E-state index contributed by atoms with van der Waals surface area (Å²) in [5, 5.41) is 0.587. The average molecular weight is 444 g/mol. The van der Waals surface area contributed by atoms with E-state index in [4.69, 9.17) is 9.57 Å². The molecule has 1 aliphatic heterocycles. The van der Waals surface area contributed by atoms with Crippen LogP contribution in [-0.2, 0) is 24.0 Å². The SMILES string of the molecule is CC1CCC2C3CCC4=C[C@H](OCC(=O)ON5C(=O)CCC5=O)CCC4(C)C3CCC12C. The number of carbonyl (C=O) groups excluding carboxylic acids is 3. The number of fused-ring (bicyclic) bond motifs is 5. The first-order valence-corrected chi connectivity index (χ1v) is 12.6. The number of allylic oxidation sites excluding steroid dienone is 1. The predicted octanol–water partition coefficient (Wildman–Crippen LogP) is 4.58. The molecule has 5 aliphatic rings. The Labute approximate surface area is 191 Å². The van der Waals surface area contributed by atoms with Crippen molar-refractivity contribution in [3.63, 3.8) is 0 Å². The number of nitrogens with zero attached hydrogens (tertiary/aromatic N) is 1. The van der Waals surface area contributed by atoms with E-state index < -0.39 is 17.8 Å². The standard InChI is InChI=1S/C26H37NO5/c1-16-4-7-20-19-6-5-17-14-18(10-12-26(17,3)21(19)11-13-25(16,20)2)31-15-24(30)32-27-22(28)8-9-23(27)29/h14,16,18-21H,4-13,15H2,1-3H3/t16?,18-,19?,20?,21?,25?,26?/m1/s1. The van der Waals surface area contributed by atoms with Crippen LogP contribution in [0.25, 0.3) is 0 Å². The number of ether oxygens (including phenoxy) is 1. The van der Waals surface area contributed by atoms with Crippen LogP contribution in [0.5, 0.6) is 0 Å². The Morgan fingerprint density at radius 2 is 1.75 bits per heavy atom. The number of hydroxylamine groups is 2. The van der Waals surface area contributed by atoms with Gasteiger partial charge in [-0.15, -0.1) is 5.06 Å². The third kappa shape index (κ3) is 3.44. The first-order valence-electron chi connectivity index (χ1n) is 12.6. The van der Waals surface area contributed by atoms with Gasteiger partial charge in [-0.05, 0) is 85.9 Å². The molecule has 1 saturated heterocycles. The van der Waals surface area contributed by atoms with Crippen molar-refractivity contribution in [3.05, 3.63) is 11.6 Å². The maximum absolute atomic E-state index is 12.1. The number of hydrogen-bond acceptors (Lipinski definition) is 5. The zero-order valence-corrected chi connectivity index (χ0v) is 19.7. The Balaban J connectivity index is 1.22. The monoisotopic (exact) mass is 443 g/mol. The van der Waals surface area contributed by atoms with Gasteiger partial charge < -0.3 is 9.57 Å². The first-order chi connectivity index (χ1) is 15.2.